The quantitative estimate of drug-likeness (QED) is 0.666. The first kappa shape index (κ1) is 13.4. The van der Waals surface area contributed by atoms with Crippen molar-refractivity contribution in [2.24, 2.45) is 23.2 Å². The minimum absolute atomic E-state index is 0.0464. The number of fused-ring (bicyclic) bond motifs is 3. The molecule has 3 rings (SSSR count). The van der Waals surface area contributed by atoms with Gasteiger partial charge in [-0.05, 0) is 56.8 Å². The summed E-state index contributed by atoms with van der Waals surface area (Å²) < 4.78 is 6.25. The van der Waals surface area contributed by atoms with E-state index in [9.17, 15) is 0 Å². The fourth-order valence-corrected chi connectivity index (χ4v) is 5.01. The second-order valence-corrected chi connectivity index (χ2v) is 7.68. The van der Waals surface area contributed by atoms with Gasteiger partial charge in [-0.1, -0.05) is 31.1 Å². The lowest BCUT2D eigenvalue weighted by Crippen LogP contribution is -2.38. The van der Waals surface area contributed by atoms with E-state index in [4.69, 9.17) is 4.74 Å². The van der Waals surface area contributed by atoms with E-state index in [1.807, 2.05) is 6.08 Å². The Morgan fingerprint density at radius 1 is 1.32 bits per heavy atom. The molecule has 3 aliphatic carbocycles. The molecule has 0 aliphatic heterocycles. The van der Waals surface area contributed by atoms with Crippen molar-refractivity contribution in [3.63, 3.8) is 0 Å². The van der Waals surface area contributed by atoms with Crippen LogP contribution in [0.15, 0.2) is 23.8 Å². The van der Waals surface area contributed by atoms with Crippen molar-refractivity contribution in [3.8, 4) is 0 Å². The van der Waals surface area contributed by atoms with Gasteiger partial charge in [0.25, 0.3) is 0 Å². The smallest absolute Gasteiger partial charge is 0.0724 e. The molecule has 0 N–H and O–H groups in total. The molecule has 0 aromatic carbocycles. The van der Waals surface area contributed by atoms with Gasteiger partial charge in [-0.15, -0.1) is 6.58 Å². The van der Waals surface area contributed by atoms with Crippen LogP contribution in [0.4, 0.5) is 0 Å². The maximum Gasteiger partial charge on any atom is 0.0724 e. The third kappa shape index (κ3) is 1.85. The molecule has 0 aromatic heterocycles. The second-order valence-electron chi connectivity index (χ2n) is 7.68. The van der Waals surface area contributed by atoms with Crippen LogP contribution in [-0.4, -0.2) is 12.2 Å². The lowest BCUT2D eigenvalue weighted by molar-refractivity contribution is -0.0579. The summed E-state index contributed by atoms with van der Waals surface area (Å²) in [6.07, 6.45) is 7.03. The number of hydrogen-bond donors (Lipinski definition) is 0. The summed E-state index contributed by atoms with van der Waals surface area (Å²) in [4.78, 5) is 0. The molecule has 3 unspecified atom stereocenters. The maximum atomic E-state index is 6.25. The number of allylic oxidation sites excluding steroid dienone is 1. The highest BCUT2D eigenvalue weighted by molar-refractivity contribution is 5.36. The summed E-state index contributed by atoms with van der Waals surface area (Å²) in [5.41, 5.74) is 4.03. The molecular weight excluding hydrogens is 232 g/mol. The van der Waals surface area contributed by atoms with Crippen molar-refractivity contribution < 1.29 is 4.74 Å². The van der Waals surface area contributed by atoms with Gasteiger partial charge in [0, 0.05) is 5.92 Å². The molecule has 0 spiro atoms. The van der Waals surface area contributed by atoms with Crippen LogP contribution < -0.4 is 0 Å². The van der Waals surface area contributed by atoms with Crippen molar-refractivity contribution in [2.45, 2.75) is 59.0 Å². The molecule has 0 radical (unpaired) electrons. The summed E-state index contributed by atoms with van der Waals surface area (Å²) in [5.74, 6) is 2.39. The first-order valence-corrected chi connectivity index (χ1v) is 7.86. The van der Waals surface area contributed by atoms with Gasteiger partial charge in [0.1, 0.15) is 0 Å². The minimum Gasteiger partial charge on any atom is -0.371 e. The molecule has 3 aliphatic rings. The first-order valence-electron chi connectivity index (χ1n) is 7.86. The van der Waals surface area contributed by atoms with Crippen LogP contribution in [-0.2, 0) is 4.74 Å². The molecule has 1 heteroatoms. The summed E-state index contributed by atoms with van der Waals surface area (Å²) in [6.45, 7) is 14.1. The van der Waals surface area contributed by atoms with Crippen LogP contribution >= 0.6 is 0 Å². The Morgan fingerprint density at radius 2 is 2.05 bits per heavy atom. The van der Waals surface area contributed by atoms with Gasteiger partial charge >= 0.3 is 0 Å². The van der Waals surface area contributed by atoms with E-state index in [0.29, 0.717) is 17.9 Å². The Hall–Kier alpha value is -0.560. The number of rotatable bonds is 3. The predicted octanol–water partition coefficient (Wildman–Crippen LogP) is 4.74. The molecule has 0 heterocycles. The summed E-state index contributed by atoms with van der Waals surface area (Å²) in [5, 5.41) is 0. The first-order chi connectivity index (χ1) is 8.92. The van der Waals surface area contributed by atoms with E-state index in [1.165, 1.54) is 25.7 Å². The topological polar surface area (TPSA) is 9.23 Å². The Kier molecular flexibility index (Phi) is 2.98. The van der Waals surface area contributed by atoms with Gasteiger partial charge in [-0.2, -0.15) is 0 Å². The van der Waals surface area contributed by atoms with Crippen LogP contribution in [0.1, 0.15) is 53.4 Å². The molecule has 106 valence electrons. The third-order valence-electron chi connectivity index (χ3n) is 6.28. The summed E-state index contributed by atoms with van der Waals surface area (Å²) >= 11 is 0. The zero-order valence-corrected chi connectivity index (χ0v) is 13.0. The molecule has 0 bridgehead atoms. The fourth-order valence-electron chi connectivity index (χ4n) is 5.01. The lowest BCUT2D eigenvalue weighted by atomic mass is 9.78. The SMILES string of the molecule is C=CCO[C@]1(C)CCC2C(C3=C(C)CCC31)C2(C)C. The molecule has 4 atom stereocenters. The minimum atomic E-state index is 0.0464. The highest BCUT2D eigenvalue weighted by atomic mass is 16.5. The molecule has 0 saturated heterocycles. The van der Waals surface area contributed by atoms with Crippen LogP contribution in [0.3, 0.4) is 0 Å². The highest BCUT2D eigenvalue weighted by Crippen LogP contribution is 2.70. The molecule has 2 fully saturated rings. The predicted molar refractivity (Wildman–Crippen MR) is 80.0 cm³/mol. The number of hydrogen-bond acceptors (Lipinski definition) is 1. The largest absolute Gasteiger partial charge is 0.371 e. The van der Waals surface area contributed by atoms with E-state index in [0.717, 1.165) is 11.8 Å². The Balaban J connectivity index is 1.93. The fraction of sp³-hybridized carbons (Fsp3) is 0.778. The van der Waals surface area contributed by atoms with Crippen LogP contribution in [0.5, 0.6) is 0 Å². The Labute approximate surface area is 118 Å². The van der Waals surface area contributed by atoms with Gasteiger partial charge in [0.05, 0.1) is 12.2 Å². The molecule has 1 nitrogen and oxygen atoms in total. The molecule has 2 saturated carbocycles. The van der Waals surface area contributed by atoms with Gasteiger partial charge < -0.3 is 4.74 Å². The van der Waals surface area contributed by atoms with Crippen molar-refractivity contribution in [2.75, 3.05) is 6.61 Å². The van der Waals surface area contributed by atoms with Gasteiger partial charge in [-0.3, -0.25) is 0 Å². The molecular formula is C18H28O. The Bertz CT molecular complexity index is 431. The molecule has 0 aromatic rings. The summed E-state index contributed by atoms with van der Waals surface area (Å²) in [7, 11) is 0. The highest BCUT2D eigenvalue weighted by Gasteiger charge is 2.64. The van der Waals surface area contributed by atoms with Crippen LogP contribution in [0, 0.1) is 23.2 Å². The van der Waals surface area contributed by atoms with Gasteiger partial charge in [0.15, 0.2) is 0 Å². The van der Waals surface area contributed by atoms with Gasteiger partial charge in [-0.25, -0.2) is 0 Å². The molecule has 19 heavy (non-hydrogen) atoms. The zero-order valence-electron chi connectivity index (χ0n) is 13.0. The van der Waals surface area contributed by atoms with Crippen LogP contribution in [0.2, 0.25) is 0 Å². The maximum absolute atomic E-state index is 6.25. The standard InChI is InChI=1S/C18H28O/c1-6-11-19-18(5)10-9-14-16(17(14,3)4)15-12(2)7-8-13(15)18/h6,13-14,16H,1,7-11H2,2-5H3/t13?,14?,16?,18-/m1/s1. The zero-order chi connectivity index (χ0) is 13.8. The van der Waals surface area contributed by atoms with E-state index in [-0.39, 0.29) is 5.60 Å². The van der Waals surface area contributed by atoms with E-state index < -0.39 is 0 Å². The van der Waals surface area contributed by atoms with Crippen molar-refractivity contribution in [1.29, 1.82) is 0 Å². The number of ether oxygens (including phenoxy) is 1. The van der Waals surface area contributed by atoms with Crippen molar-refractivity contribution in [1.82, 2.24) is 0 Å². The average molecular weight is 260 g/mol. The molecule has 0 amide bonds. The van der Waals surface area contributed by atoms with Crippen LogP contribution in [0.25, 0.3) is 0 Å². The normalized spacial score (nSPS) is 43.5. The van der Waals surface area contributed by atoms with Crippen molar-refractivity contribution in [3.05, 3.63) is 23.8 Å². The summed E-state index contributed by atoms with van der Waals surface area (Å²) in [6, 6.07) is 0. The van der Waals surface area contributed by atoms with Crippen molar-refractivity contribution >= 4 is 0 Å². The monoisotopic (exact) mass is 260 g/mol. The van der Waals surface area contributed by atoms with E-state index in [1.54, 1.807) is 11.1 Å². The van der Waals surface area contributed by atoms with Gasteiger partial charge in [0.2, 0.25) is 0 Å². The lowest BCUT2D eigenvalue weighted by Gasteiger charge is -2.37. The van der Waals surface area contributed by atoms with E-state index in [2.05, 4.69) is 34.3 Å². The Morgan fingerprint density at radius 3 is 2.74 bits per heavy atom. The second kappa shape index (κ2) is 4.22. The average Bonchev–Trinajstić information content (AvgIpc) is 2.73. The third-order valence-corrected chi connectivity index (χ3v) is 6.28. The van der Waals surface area contributed by atoms with E-state index >= 15 is 0 Å².